The highest BCUT2D eigenvalue weighted by atomic mass is 32.2. The van der Waals surface area contributed by atoms with Crippen LogP contribution in [0.15, 0.2) is 23.1 Å². The monoisotopic (exact) mass is 445 g/mol. The van der Waals surface area contributed by atoms with Crippen molar-refractivity contribution in [2.45, 2.75) is 36.7 Å². The number of carbonyl (C=O) groups is 1. The Bertz CT molecular complexity index is 836. The number of thioether (sulfide) groups is 1. The summed E-state index contributed by atoms with van der Waals surface area (Å²) in [7, 11) is -3.81. The lowest BCUT2D eigenvalue weighted by Crippen LogP contribution is -2.59. The topological polar surface area (TPSA) is 87.7 Å². The number of benzene rings is 1. The van der Waals surface area contributed by atoms with Gasteiger partial charge in [-0.1, -0.05) is 0 Å². The Morgan fingerprint density at radius 2 is 2.07 bits per heavy atom. The van der Waals surface area contributed by atoms with Crippen molar-refractivity contribution in [3.8, 4) is 0 Å². The molecule has 1 aromatic rings. The van der Waals surface area contributed by atoms with E-state index in [2.05, 4.69) is 14.9 Å². The molecule has 0 aromatic heterocycles. The average Bonchev–Trinajstić information content (AvgIpc) is 3.16. The number of sulfonamides is 1. The van der Waals surface area contributed by atoms with Crippen LogP contribution in [0.1, 0.15) is 30.6 Å². The third-order valence-corrected chi connectivity index (χ3v) is 8.12. The van der Waals surface area contributed by atoms with Crippen molar-refractivity contribution < 1.29 is 22.3 Å². The highest BCUT2D eigenvalue weighted by Gasteiger charge is 2.41. The second-order valence-corrected chi connectivity index (χ2v) is 10.5. The summed E-state index contributed by atoms with van der Waals surface area (Å²) in [6, 6.07) is 2.97. The van der Waals surface area contributed by atoms with Gasteiger partial charge < -0.3 is 10.1 Å². The second kappa shape index (κ2) is 9.30. The van der Waals surface area contributed by atoms with Crippen LogP contribution in [0.4, 0.5) is 4.39 Å². The number of hydrogen-bond donors (Lipinski definition) is 2. The van der Waals surface area contributed by atoms with Gasteiger partial charge in [-0.15, -0.1) is 0 Å². The number of ether oxygens (including phenoxy) is 1. The van der Waals surface area contributed by atoms with E-state index in [1.165, 1.54) is 6.07 Å². The molecule has 2 N–H and O–H groups in total. The Labute approximate surface area is 175 Å². The quantitative estimate of drug-likeness (QED) is 0.661. The molecule has 10 heteroatoms. The molecule has 1 atom stereocenters. The second-order valence-electron chi connectivity index (χ2n) is 7.73. The van der Waals surface area contributed by atoms with E-state index in [-0.39, 0.29) is 22.0 Å². The standard InChI is InChI=1S/C19H28FN3O4S2/c1-14(2)22-29(25,26)15-3-4-17(20)16(11-15)18(24)21-12-19(5-10-28-13-19)23-6-8-27-9-7-23/h3-4,11,14,22H,5-10,12-13H2,1-2H3,(H,21,24). The first kappa shape index (κ1) is 22.5. The summed E-state index contributed by atoms with van der Waals surface area (Å²) in [5, 5.41) is 2.85. The minimum atomic E-state index is -3.81. The molecule has 7 nitrogen and oxygen atoms in total. The molecule has 2 aliphatic rings. The first-order valence-corrected chi connectivity index (χ1v) is 12.4. The van der Waals surface area contributed by atoms with Gasteiger partial charge in [0.15, 0.2) is 0 Å². The third-order valence-electron chi connectivity index (χ3n) is 5.23. The molecule has 2 fully saturated rings. The molecule has 162 valence electrons. The number of halogens is 1. The highest BCUT2D eigenvalue weighted by Crippen LogP contribution is 2.33. The van der Waals surface area contributed by atoms with E-state index < -0.39 is 21.7 Å². The zero-order valence-electron chi connectivity index (χ0n) is 16.7. The van der Waals surface area contributed by atoms with Crippen LogP contribution in [0.2, 0.25) is 0 Å². The maximum absolute atomic E-state index is 14.3. The van der Waals surface area contributed by atoms with Gasteiger partial charge >= 0.3 is 0 Å². The molecule has 29 heavy (non-hydrogen) atoms. The van der Waals surface area contributed by atoms with Gasteiger partial charge in [0.05, 0.1) is 23.7 Å². The minimum absolute atomic E-state index is 0.128. The summed E-state index contributed by atoms with van der Waals surface area (Å²) in [6.45, 7) is 6.71. The van der Waals surface area contributed by atoms with E-state index in [0.29, 0.717) is 19.8 Å². The summed E-state index contributed by atoms with van der Waals surface area (Å²) in [6.07, 6.45) is 0.938. The summed E-state index contributed by atoms with van der Waals surface area (Å²) in [4.78, 5) is 15.0. The van der Waals surface area contributed by atoms with E-state index in [0.717, 1.165) is 43.1 Å². The van der Waals surface area contributed by atoms with E-state index in [1.54, 1.807) is 13.8 Å². The van der Waals surface area contributed by atoms with Crippen LogP contribution < -0.4 is 10.0 Å². The van der Waals surface area contributed by atoms with Crippen molar-refractivity contribution >= 4 is 27.7 Å². The fourth-order valence-electron chi connectivity index (χ4n) is 3.70. The highest BCUT2D eigenvalue weighted by molar-refractivity contribution is 7.99. The van der Waals surface area contributed by atoms with E-state index >= 15 is 0 Å². The predicted molar refractivity (Wildman–Crippen MR) is 111 cm³/mol. The largest absolute Gasteiger partial charge is 0.379 e. The summed E-state index contributed by atoms with van der Waals surface area (Å²) in [5.74, 6) is 0.555. The van der Waals surface area contributed by atoms with E-state index in [1.807, 2.05) is 11.8 Å². The summed E-state index contributed by atoms with van der Waals surface area (Å²) < 4.78 is 46.9. The molecule has 0 bridgehead atoms. The molecule has 1 amide bonds. The SMILES string of the molecule is CC(C)NS(=O)(=O)c1ccc(F)c(C(=O)NCC2(N3CCOCC3)CCSC2)c1. The average molecular weight is 446 g/mol. The maximum atomic E-state index is 14.3. The van der Waals surface area contributed by atoms with Crippen LogP contribution >= 0.6 is 11.8 Å². The summed E-state index contributed by atoms with van der Waals surface area (Å²) in [5.41, 5.74) is -0.442. The van der Waals surface area contributed by atoms with Crippen LogP contribution in [0.3, 0.4) is 0 Å². The molecular weight excluding hydrogens is 417 g/mol. The number of morpholine rings is 1. The van der Waals surface area contributed by atoms with Gasteiger partial charge in [0.25, 0.3) is 5.91 Å². The Morgan fingerprint density at radius 3 is 2.69 bits per heavy atom. The van der Waals surface area contributed by atoms with Crippen molar-refractivity contribution in [1.29, 1.82) is 0 Å². The zero-order valence-corrected chi connectivity index (χ0v) is 18.4. The van der Waals surface area contributed by atoms with Crippen molar-refractivity contribution in [3.05, 3.63) is 29.6 Å². The Kier molecular flexibility index (Phi) is 7.21. The molecular formula is C19H28FN3O4S2. The van der Waals surface area contributed by atoms with Crippen molar-refractivity contribution in [3.63, 3.8) is 0 Å². The van der Waals surface area contributed by atoms with Gasteiger partial charge in [-0.05, 0) is 44.2 Å². The fourth-order valence-corrected chi connectivity index (χ4v) is 6.45. The van der Waals surface area contributed by atoms with Crippen LogP contribution in [0.25, 0.3) is 0 Å². The van der Waals surface area contributed by atoms with Crippen molar-refractivity contribution in [1.82, 2.24) is 14.9 Å². The fraction of sp³-hybridized carbons (Fsp3) is 0.632. The Morgan fingerprint density at radius 1 is 1.34 bits per heavy atom. The van der Waals surface area contributed by atoms with Crippen LogP contribution in [0, 0.1) is 5.82 Å². The number of carbonyl (C=O) groups excluding carboxylic acids is 1. The number of amides is 1. The lowest BCUT2D eigenvalue weighted by Gasteiger charge is -2.43. The normalized spacial score (nSPS) is 23.4. The molecule has 1 aromatic carbocycles. The van der Waals surface area contributed by atoms with Gasteiger partial charge in [0.2, 0.25) is 10.0 Å². The van der Waals surface area contributed by atoms with Gasteiger partial charge in [-0.3, -0.25) is 9.69 Å². The van der Waals surface area contributed by atoms with Crippen LogP contribution in [-0.2, 0) is 14.8 Å². The molecule has 0 aliphatic carbocycles. The molecule has 0 saturated carbocycles. The number of hydrogen-bond acceptors (Lipinski definition) is 6. The predicted octanol–water partition coefficient (Wildman–Crippen LogP) is 1.45. The van der Waals surface area contributed by atoms with E-state index in [4.69, 9.17) is 4.74 Å². The lowest BCUT2D eigenvalue weighted by atomic mass is 9.95. The lowest BCUT2D eigenvalue weighted by molar-refractivity contribution is -0.0129. The molecule has 3 rings (SSSR count). The molecule has 0 spiro atoms. The number of nitrogens with one attached hydrogen (secondary N) is 2. The zero-order chi connectivity index (χ0) is 21.1. The smallest absolute Gasteiger partial charge is 0.254 e. The molecule has 2 saturated heterocycles. The van der Waals surface area contributed by atoms with E-state index in [9.17, 15) is 17.6 Å². The minimum Gasteiger partial charge on any atom is -0.379 e. The summed E-state index contributed by atoms with van der Waals surface area (Å²) >= 11 is 1.84. The Balaban J connectivity index is 1.75. The number of rotatable bonds is 7. The molecule has 2 aliphatic heterocycles. The van der Waals surface area contributed by atoms with Gasteiger partial charge in [0, 0.05) is 37.0 Å². The van der Waals surface area contributed by atoms with Crippen molar-refractivity contribution in [2.24, 2.45) is 0 Å². The van der Waals surface area contributed by atoms with Gasteiger partial charge in [-0.2, -0.15) is 11.8 Å². The Hall–Kier alpha value is -1.20. The molecule has 2 heterocycles. The maximum Gasteiger partial charge on any atom is 0.254 e. The van der Waals surface area contributed by atoms with Crippen LogP contribution in [0.5, 0.6) is 0 Å². The van der Waals surface area contributed by atoms with Gasteiger partial charge in [0.1, 0.15) is 5.82 Å². The van der Waals surface area contributed by atoms with Crippen molar-refractivity contribution in [2.75, 3.05) is 44.4 Å². The van der Waals surface area contributed by atoms with Crippen LogP contribution in [-0.4, -0.2) is 75.2 Å². The molecule has 1 unspecified atom stereocenters. The first-order chi connectivity index (χ1) is 13.7. The van der Waals surface area contributed by atoms with Gasteiger partial charge in [-0.25, -0.2) is 17.5 Å². The number of nitrogens with zero attached hydrogens (tertiary/aromatic N) is 1. The molecule has 0 radical (unpaired) electrons. The first-order valence-electron chi connectivity index (χ1n) is 9.74. The third kappa shape index (κ3) is 5.29.